The molecular formula is C27H27NO5. The number of hydrogen-bond donors (Lipinski definition) is 0. The molecule has 6 heteroatoms. The van der Waals surface area contributed by atoms with Gasteiger partial charge in [-0.2, -0.15) is 0 Å². The summed E-state index contributed by atoms with van der Waals surface area (Å²) in [4.78, 5) is 21.9. The highest BCUT2D eigenvalue weighted by Gasteiger charge is 2.37. The van der Waals surface area contributed by atoms with E-state index in [0.717, 1.165) is 36.1 Å². The lowest BCUT2D eigenvalue weighted by Crippen LogP contribution is -2.31. The number of carbonyl (C=O) groups is 1. The number of benzene rings is 2. The Morgan fingerprint density at radius 2 is 1.97 bits per heavy atom. The van der Waals surface area contributed by atoms with Crippen molar-refractivity contribution in [3.8, 4) is 17.6 Å². The van der Waals surface area contributed by atoms with E-state index in [0.29, 0.717) is 19.8 Å². The van der Waals surface area contributed by atoms with Crippen LogP contribution in [0.5, 0.6) is 5.75 Å². The maximum Gasteiger partial charge on any atom is 0.287 e. The molecular weight excluding hydrogens is 418 g/mol. The number of amides is 1. The fourth-order valence-electron chi connectivity index (χ4n) is 4.29. The molecule has 1 spiro atoms. The summed E-state index contributed by atoms with van der Waals surface area (Å²) in [7, 11) is 0. The molecule has 0 N–H and O–H groups in total. The molecule has 0 aromatic heterocycles. The van der Waals surface area contributed by atoms with E-state index >= 15 is 0 Å². The van der Waals surface area contributed by atoms with Crippen molar-refractivity contribution in [2.75, 3.05) is 13.2 Å². The van der Waals surface area contributed by atoms with Crippen molar-refractivity contribution < 1.29 is 19.0 Å². The first-order valence-corrected chi connectivity index (χ1v) is 11.2. The summed E-state index contributed by atoms with van der Waals surface area (Å²) in [6, 6.07) is 15.8. The average molecular weight is 446 g/mol. The van der Waals surface area contributed by atoms with Gasteiger partial charge in [0.05, 0.1) is 25.6 Å². The van der Waals surface area contributed by atoms with Crippen LogP contribution in [0.3, 0.4) is 0 Å². The highest BCUT2D eigenvalue weighted by Crippen LogP contribution is 2.38. The minimum absolute atomic E-state index is 0.0213. The van der Waals surface area contributed by atoms with E-state index in [1.165, 1.54) is 11.1 Å². The van der Waals surface area contributed by atoms with Crippen LogP contribution in [-0.4, -0.2) is 24.9 Å². The Kier molecular flexibility index (Phi) is 7.33. The van der Waals surface area contributed by atoms with E-state index in [1.54, 1.807) is 6.92 Å². The lowest BCUT2D eigenvalue weighted by atomic mass is 9.89. The van der Waals surface area contributed by atoms with Gasteiger partial charge in [-0.3, -0.25) is 4.79 Å². The highest BCUT2D eigenvalue weighted by molar-refractivity contribution is 5.78. The molecule has 1 unspecified atom stereocenters. The first kappa shape index (κ1) is 22.9. The van der Waals surface area contributed by atoms with Crippen molar-refractivity contribution >= 4 is 11.5 Å². The quantitative estimate of drug-likeness (QED) is 0.423. The van der Waals surface area contributed by atoms with Gasteiger partial charge in [0.1, 0.15) is 12.4 Å². The topological polar surface area (TPSA) is 74.2 Å². The zero-order chi connectivity index (χ0) is 23.1. The van der Waals surface area contributed by atoms with Crippen molar-refractivity contribution in [1.82, 2.24) is 0 Å². The van der Waals surface area contributed by atoms with Gasteiger partial charge in [0.15, 0.2) is 5.79 Å². The van der Waals surface area contributed by atoms with Crippen LogP contribution >= 0.6 is 0 Å². The van der Waals surface area contributed by atoms with Gasteiger partial charge < -0.3 is 14.2 Å². The van der Waals surface area contributed by atoms with Gasteiger partial charge in [-0.05, 0) is 53.8 Å². The lowest BCUT2D eigenvalue weighted by Gasteiger charge is -2.30. The van der Waals surface area contributed by atoms with Gasteiger partial charge in [-0.25, -0.2) is 0 Å². The number of allylic oxidation sites excluding steroid dienone is 1. The number of rotatable bonds is 7. The molecule has 6 nitrogen and oxygen atoms in total. The van der Waals surface area contributed by atoms with Crippen molar-refractivity contribution in [3.63, 3.8) is 0 Å². The standard InChI is InChI=1S/C27H27NO5/c1-2-4-23(18-26(29)28-30)21-7-9-25(10-8-21)31-19-20-5-3-6-24(17-20)22-11-13-27(14-12-22)32-15-16-33-27/h3,5-11,17,23H,12-16,18-19H2,1H3. The van der Waals surface area contributed by atoms with Crippen molar-refractivity contribution in [2.45, 2.75) is 50.9 Å². The van der Waals surface area contributed by atoms with Crippen LogP contribution in [0.25, 0.3) is 5.57 Å². The number of nitroso groups, excluding NO2 is 1. The molecule has 1 aliphatic carbocycles. The molecule has 0 saturated carbocycles. The predicted molar refractivity (Wildman–Crippen MR) is 125 cm³/mol. The maximum atomic E-state index is 11.4. The maximum absolute atomic E-state index is 11.4. The summed E-state index contributed by atoms with van der Waals surface area (Å²) in [5, 5.41) is 2.48. The summed E-state index contributed by atoms with van der Waals surface area (Å²) in [6.07, 6.45) is 4.80. The van der Waals surface area contributed by atoms with Gasteiger partial charge in [-0.1, -0.05) is 42.3 Å². The molecule has 33 heavy (non-hydrogen) atoms. The third-order valence-corrected chi connectivity index (χ3v) is 6.03. The molecule has 1 heterocycles. The SMILES string of the molecule is CC#CC(CC(=O)N=O)c1ccc(OCc2cccc(C3=CCC4(CC3)OCCO4)c2)cc1. The van der Waals surface area contributed by atoms with Crippen LogP contribution in [0.4, 0.5) is 0 Å². The number of carbonyl (C=O) groups excluding carboxylic acids is 1. The molecule has 4 rings (SSSR count). The zero-order valence-corrected chi connectivity index (χ0v) is 18.7. The molecule has 2 aromatic rings. The Labute approximate surface area is 193 Å². The molecule has 1 atom stereocenters. The Balaban J connectivity index is 1.37. The van der Waals surface area contributed by atoms with Gasteiger partial charge >= 0.3 is 0 Å². The van der Waals surface area contributed by atoms with Crippen LogP contribution in [0.2, 0.25) is 0 Å². The van der Waals surface area contributed by atoms with Crippen molar-refractivity contribution in [1.29, 1.82) is 0 Å². The van der Waals surface area contributed by atoms with Crippen molar-refractivity contribution in [3.05, 3.63) is 76.2 Å². The third kappa shape index (κ3) is 5.75. The molecule has 0 radical (unpaired) electrons. The molecule has 0 bridgehead atoms. The number of ether oxygens (including phenoxy) is 3. The largest absolute Gasteiger partial charge is 0.489 e. The van der Waals surface area contributed by atoms with E-state index in [1.807, 2.05) is 24.3 Å². The van der Waals surface area contributed by atoms with Crippen LogP contribution < -0.4 is 4.74 Å². The minimum atomic E-state index is -0.700. The second-order valence-electron chi connectivity index (χ2n) is 8.24. The average Bonchev–Trinajstić information content (AvgIpc) is 3.31. The predicted octanol–water partition coefficient (Wildman–Crippen LogP) is 5.37. The van der Waals surface area contributed by atoms with E-state index in [4.69, 9.17) is 14.2 Å². The van der Waals surface area contributed by atoms with Crippen LogP contribution in [-0.2, 0) is 20.9 Å². The second kappa shape index (κ2) is 10.6. The number of nitrogens with zero attached hydrogens (tertiary/aromatic N) is 1. The summed E-state index contributed by atoms with van der Waals surface area (Å²) >= 11 is 0. The summed E-state index contributed by atoms with van der Waals surface area (Å²) in [5.41, 5.74) is 4.46. The Bertz CT molecular complexity index is 1090. The molecule has 1 saturated heterocycles. The Morgan fingerprint density at radius 1 is 1.18 bits per heavy atom. The van der Waals surface area contributed by atoms with Gasteiger partial charge in [0, 0.05) is 18.0 Å². The molecule has 1 amide bonds. The van der Waals surface area contributed by atoms with Crippen LogP contribution in [0, 0.1) is 16.7 Å². The Hall–Kier alpha value is -3.27. The second-order valence-corrected chi connectivity index (χ2v) is 8.24. The molecule has 1 fully saturated rings. The van der Waals surface area contributed by atoms with Crippen LogP contribution in [0.15, 0.2) is 59.8 Å². The van der Waals surface area contributed by atoms with Gasteiger partial charge in [0.25, 0.3) is 5.91 Å². The fourth-order valence-corrected chi connectivity index (χ4v) is 4.29. The molecule has 2 aliphatic rings. The minimum Gasteiger partial charge on any atom is -0.489 e. The fraction of sp³-hybridized carbons (Fsp3) is 0.370. The lowest BCUT2D eigenvalue weighted by molar-refractivity contribution is -0.159. The van der Waals surface area contributed by atoms with Gasteiger partial charge in [0.2, 0.25) is 0 Å². The van der Waals surface area contributed by atoms with E-state index in [-0.39, 0.29) is 12.3 Å². The van der Waals surface area contributed by atoms with E-state index in [9.17, 15) is 9.70 Å². The Morgan fingerprint density at radius 3 is 2.64 bits per heavy atom. The molecule has 170 valence electrons. The molecule has 1 aliphatic heterocycles. The normalized spacial score (nSPS) is 17.5. The van der Waals surface area contributed by atoms with Crippen LogP contribution in [0.1, 0.15) is 55.2 Å². The first-order chi connectivity index (χ1) is 16.1. The monoisotopic (exact) mass is 445 g/mol. The van der Waals surface area contributed by atoms with Gasteiger partial charge in [-0.15, -0.1) is 10.8 Å². The summed E-state index contributed by atoms with van der Waals surface area (Å²) < 4.78 is 17.6. The summed E-state index contributed by atoms with van der Waals surface area (Å²) in [5.74, 6) is 5.03. The van der Waals surface area contributed by atoms with E-state index < -0.39 is 11.7 Å². The first-order valence-electron chi connectivity index (χ1n) is 11.2. The summed E-state index contributed by atoms with van der Waals surface area (Å²) in [6.45, 7) is 3.51. The highest BCUT2D eigenvalue weighted by atomic mass is 16.7. The molecule has 2 aromatic carbocycles. The smallest absolute Gasteiger partial charge is 0.287 e. The zero-order valence-electron chi connectivity index (χ0n) is 18.7. The number of hydrogen-bond acceptors (Lipinski definition) is 5. The van der Waals surface area contributed by atoms with E-state index in [2.05, 4.69) is 47.4 Å². The van der Waals surface area contributed by atoms with Crippen molar-refractivity contribution in [2.24, 2.45) is 5.18 Å². The third-order valence-electron chi connectivity index (χ3n) is 6.03.